The van der Waals surface area contributed by atoms with Gasteiger partial charge in [0, 0.05) is 35.6 Å². The van der Waals surface area contributed by atoms with Crippen LogP contribution in [0.5, 0.6) is 11.5 Å². The zero-order chi connectivity index (χ0) is 11.2. The van der Waals surface area contributed by atoms with Crippen molar-refractivity contribution in [3.63, 3.8) is 0 Å². The third kappa shape index (κ3) is 1.17. The molecule has 6 nitrogen and oxygen atoms in total. The molecule has 6 heteroatoms. The minimum atomic E-state index is 0.633. The minimum Gasteiger partial charge on any atom is -0.493 e. The lowest BCUT2D eigenvalue weighted by atomic mass is 9.97. The number of benzene rings is 1. The first-order chi connectivity index (χ1) is 8.43. The van der Waals surface area contributed by atoms with Crippen LogP contribution in [-0.2, 0) is 12.8 Å². The zero-order valence-electron chi connectivity index (χ0n) is 9.06. The van der Waals surface area contributed by atoms with Crippen molar-refractivity contribution in [2.45, 2.75) is 12.8 Å². The lowest BCUT2D eigenvalue weighted by molar-refractivity contribution is 0.342. The first-order valence-corrected chi connectivity index (χ1v) is 5.61. The Kier molecular flexibility index (Phi) is 1.69. The van der Waals surface area contributed by atoms with Gasteiger partial charge in [-0.1, -0.05) is 0 Å². The Balaban J connectivity index is 2.04. The van der Waals surface area contributed by atoms with E-state index < -0.39 is 0 Å². The maximum Gasteiger partial charge on any atom is 0.205 e. The summed E-state index contributed by atoms with van der Waals surface area (Å²) in [6.45, 7) is 1.42. The average Bonchev–Trinajstić information content (AvgIpc) is 3.06. The van der Waals surface area contributed by atoms with Crippen LogP contribution in [0, 0.1) is 0 Å². The molecule has 0 aliphatic carbocycles. The molecule has 1 N–H and O–H groups in total. The van der Waals surface area contributed by atoms with Crippen LogP contribution in [0.1, 0.15) is 11.1 Å². The van der Waals surface area contributed by atoms with Crippen LogP contribution in [0.4, 0.5) is 0 Å². The molecule has 1 aromatic carbocycles. The molecule has 0 unspecified atom stereocenters. The maximum atomic E-state index is 5.60. The summed E-state index contributed by atoms with van der Waals surface area (Å²) in [5, 5.41) is 14.3. The van der Waals surface area contributed by atoms with Crippen molar-refractivity contribution in [3.05, 3.63) is 17.2 Å². The number of nitrogens with one attached hydrogen (secondary N) is 1. The number of aromatic nitrogens is 4. The molecule has 1 aromatic heterocycles. The Morgan fingerprint density at radius 2 is 1.76 bits per heavy atom. The normalized spacial score (nSPS) is 16.2. The van der Waals surface area contributed by atoms with Crippen molar-refractivity contribution >= 4 is 0 Å². The van der Waals surface area contributed by atoms with E-state index in [0.717, 1.165) is 29.9 Å². The fourth-order valence-corrected chi connectivity index (χ4v) is 2.54. The average molecular weight is 230 g/mol. The molecule has 0 amide bonds. The standard InChI is InChI=1S/C11H10N4O2/c1-3-16-8-5-9-7(2-4-17-9)10(6(1)8)11-12-14-15-13-11/h5H,1-4H2,(H,12,13,14,15). The van der Waals surface area contributed by atoms with Crippen LogP contribution in [0.25, 0.3) is 11.4 Å². The highest BCUT2D eigenvalue weighted by Crippen LogP contribution is 2.43. The lowest BCUT2D eigenvalue weighted by Gasteiger charge is -2.08. The van der Waals surface area contributed by atoms with Gasteiger partial charge in [-0.3, -0.25) is 0 Å². The second-order valence-corrected chi connectivity index (χ2v) is 4.14. The van der Waals surface area contributed by atoms with Crippen molar-refractivity contribution < 1.29 is 9.47 Å². The van der Waals surface area contributed by atoms with Gasteiger partial charge in [0.25, 0.3) is 0 Å². The Hall–Kier alpha value is -2.11. The summed E-state index contributed by atoms with van der Waals surface area (Å²) in [6, 6.07) is 1.98. The highest BCUT2D eigenvalue weighted by molar-refractivity contribution is 5.73. The molecule has 0 atom stereocenters. The van der Waals surface area contributed by atoms with Crippen LogP contribution >= 0.6 is 0 Å². The van der Waals surface area contributed by atoms with Gasteiger partial charge in [-0.2, -0.15) is 5.21 Å². The fraction of sp³-hybridized carbons (Fsp3) is 0.364. The van der Waals surface area contributed by atoms with E-state index in [4.69, 9.17) is 9.47 Å². The minimum absolute atomic E-state index is 0.633. The fourth-order valence-electron chi connectivity index (χ4n) is 2.54. The molecular weight excluding hydrogens is 220 g/mol. The molecule has 2 aliphatic rings. The van der Waals surface area contributed by atoms with E-state index >= 15 is 0 Å². The second kappa shape index (κ2) is 3.19. The van der Waals surface area contributed by atoms with Gasteiger partial charge >= 0.3 is 0 Å². The second-order valence-electron chi connectivity index (χ2n) is 4.14. The lowest BCUT2D eigenvalue weighted by Crippen LogP contribution is -1.94. The quantitative estimate of drug-likeness (QED) is 0.782. The van der Waals surface area contributed by atoms with Crippen molar-refractivity contribution in [3.8, 4) is 22.9 Å². The molecule has 3 heterocycles. The number of hydrogen-bond acceptors (Lipinski definition) is 5. The predicted molar refractivity (Wildman–Crippen MR) is 58.0 cm³/mol. The maximum absolute atomic E-state index is 5.60. The number of ether oxygens (including phenoxy) is 2. The largest absolute Gasteiger partial charge is 0.493 e. The summed E-state index contributed by atoms with van der Waals surface area (Å²) < 4.78 is 11.2. The first kappa shape index (κ1) is 8.98. The summed E-state index contributed by atoms with van der Waals surface area (Å²) in [4.78, 5) is 0. The van der Waals surface area contributed by atoms with Crippen molar-refractivity contribution in [2.24, 2.45) is 0 Å². The number of nitrogens with zero attached hydrogens (tertiary/aromatic N) is 3. The Bertz CT molecular complexity index is 547. The molecule has 2 aliphatic heterocycles. The van der Waals surface area contributed by atoms with Gasteiger partial charge in [0.1, 0.15) is 11.5 Å². The Morgan fingerprint density at radius 1 is 1.06 bits per heavy atom. The van der Waals surface area contributed by atoms with E-state index in [0.29, 0.717) is 19.0 Å². The number of tetrazole rings is 1. The molecule has 0 saturated heterocycles. The third-order valence-corrected chi connectivity index (χ3v) is 3.25. The number of rotatable bonds is 1. The van der Waals surface area contributed by atoms with Crippen molar-refractivity contribution in [1.82, 2.24) is 20.6 Å². The number of aromatic amines is 1. The molecule has 0 radical (unpaired) electrons. The van der Waals surface area contributed by atoms with E-state index in [1.807, 2.05) is 6.07 Å². The number of hydrogen-bond donors (Lipinski definition) is 1. The van der Waals surface area contributed by atoms with Crippen molar-refractivity contribution in [1.29, 1.82) is 0 Å². The summed E-state index contributed by atoms with van der Waals surface area (Å²) in [7, 11) is 0. The summed E-state index contributed by atoms with van der Waals surface area (Å²) in [6.07, 6.45) is 1.79. The highest BCUT2D eigenvalue weighted by atomic mass is 16.5. The van der Waals surface area contributed by atoms with E-state index in [-0.39, 0.29) is 0 Å². The van der Waals surface area contributed by atoms with E-state index in [1.165, 1.54) is 11.1 Å². The highest BCUT2D eigenvalue weighted by Gasteiger charge is 2.28. The van der Waals surface area contributed by atoms with E-state index in [9.17, 15) is 0 Å². The molecular formula is C11H10N4O2. The van der Waals surface area contributed by atoms with Crippen LogP contribution in [0.2, 0.25) is 0 Å². The molecule has 4 rings (SSSR count). The van der Waals surface area contributed by atoms with Gasteiger partial charge in [0.15, 0.2) is 0 Å². The monoisotopic (exact) mass is 230 g/mol. The van der Waals surface area contributed by atoms with E-state index in [1.54, 1.807) is 0 Å². The topological polar surface area (TPSA) is 72.9 Å². The smallest absolute Gasteiger partial charge is 0.205 e. The number of fused-ring (bicyclic) bond motifs is 2. The molecule has 0 bridgehead atoms. The first-order valence-electron chi connectivity index (χ1n) is 5.61. The zero-order valence-corrected chi connectivity index (χ0v) is 9.06. The summed E-state index contributed by atoms with van der Waals surface area (Å²) >= 11 is 0. The summed E-state index contributed by atoms with van der Waals surface area (Å²) in [5.41, 5.74) is 3.40. The molecule has 2 aromatic rings. The number of H-pyrrole nitrogens is 1. The SMILES string of the molecule is c1c2c(c(-c3nn[nH]n3)c3c1OCC3)CCO2. The third-order valence-electron chi connectivity index (χ3n) is 3.25. The van der Waals surface area contributed by atoms with Crippen LogP contribution in [0.15, 0.2) is 6.07 Å². The Labute approximate surface area is 96.9 Å². The van der Waals surface area contributed by atoms with Gasteiger partial charge in [-0.25, -0.2) is 0 Å². The van der Waals surface area contributed by atoms with Gasteiger partial charge in [0.2, 0.25) is 5.82 Å². The molecule has 0 spiro atoms. The van der Waals surface area contributed by atoms with E-state index in [2.05, 4.69) is 20.6 Å². The van der Waals surface area contributed by atoms with Gasteiger partial charge in [-0.05, 0) is 5.21 Å². The van der Waals surface area contributed by atoms with Gasteiger partial charge in [-0.15, -0.1) is 10.2 Å². The van der Waals surface area contributed by atoms with Crippen molar-refractivity contribution in [2.75, 3.05) is 13.2 Å². The van der Waals surface area contributed by atoms with Crippen LogP contribution in [-0.4, -0.2) is 33.8 Å². The van der Waals surface area contributed by atoms with Crippen LogP contribution < -0.4 is 9.47 Å². The Morgan fingerprint density at radius 3 is 2.35 bits per heavy atom. The predicted octanol–water partition coefficient (Wildman–Crippen LogP) is 0.736. The molecule has 0 saturated carbocycles. The van der Waals surface area contributed by atoms with Crippen LogP contribution in [0.3, 0.4) is 0 Å². The van der Waals surface area contributed by atoms with Gasteiger partial charge < -0.3 is 9.47 Å². The summed E-state index contributed by atoms with van der Waals surface area (Å²) in [5.74, 6) is 2.42. The molecule has 86 valence electrons. The molecule has 0 fully saturated rings. The van der Waals surface area contributed by atoms with Gasteiger partial charge in [0.05, 0.1) is 13.2 Å². The molecule has 17 heavy (non-hydrogen) atoms.